The molecule has 0 radical (unpaired) electrons. The zero-order chi connectivity index (χ0) is 14.5. The molecule has 0 spiro atoms. The van der Waals surface area contributed by atoms with Crippen LogP contribution in [0.2, 0.25) is 0 Å². The summed E-state index contributed by atoms with van der Waals surface area (Å²) in [5.41, 5.74) is 5.71. The molecule has 2 fully saturated rings. The average molecular weight is 300 g/mol. The summed E-state index contributed by atoms with van der Waals surface area (Å²) >= 11 is 0. The van der Waals surface area contributed by atoms with Crippen LogP contribution in [0.15, 0.2) is 23.1 Å². The Kier molecular flexibility index (Phi) is 3.23. The summed E-state index contributed by atoms with van der Waals surface area (Å²) in [6.45, 7) is 0.657. The number of benzene rings is 1. The molecule has 1 aliphatic carbocycles. The molecule has 0 aromatic heterocycles. The van der Waals surface area contributed by atoms with Crippen LogP contribution in [-0.4, -0.2) is 37.0 Å². The minimum absolute atomic E-state index is 0.0143. The number of rotatable bonds is 2. The van der Waals surface area contributed by atoms with Gasteiger partial charge >= 0.3 is 0 Å². The molecule has 7 heteroatoms. The molecule has 5 nitrogen and oxygen atoms in total. The number of hydrogen-bond donors (Lipinski definition) is 2. The lowest BCUT2D eigenvalue weighted by atomic mass is 10.00. The van der Waals surface area contributed by atoms with Gasteiger partial charge in [0.25, 0.3) is 0 Å². The second kappa shape index (κ2) is 4.68. The highest BCUT2D eigenvalue weighted by atomic mass is 32.2. The third-order valence-corrected chi connectivity index (χ3v) is 6.27. The lowest BCUT2D eigenvalue weighted by Gasteiger charge is -2.19. The van der Waals surface area contributed by atoms with Crippen molar-refractivity contribution in [2.45, 2.75) is 23.8 Å². The highest BCUT2D eigenvalue weighted by molar-refractivity contribution is 7.89. The highest BCUT2D eigenvalue weighted by Crippen LogP contribution is 2.40. The number of anilines is 1. The normalized spacial score (nSPS) is 30.6. The smallest absolute Gasteiger partial charge is 0.245 e. The summed E-state index contributed by atoms with van der Waals surface area (Å²) in [5, 5.41) is 9.85. The molecule has 3 atom stereocenters. The maximum Gasteiger partial charge on any atom is 0.245 e. The van der Waals surface area contributed by atoms with Gasteiger partial charge in [0.05, 0.1) is 11.8 Å². The number of nitrogens with two attached hydrogens (primary N) is 1. The molecule has 1 aliphatic heterocycles. The van der Waals surface area contributed by atoms with Crippen molar-refractivity contribution in [3.8, 4) is 0 Å². The van der Waals surface area contributed by atoms with Crippen molar-refractivity contribution in [1.82, 2.24) is 4.31 Å². The van der Waals surface area contributed by atoms with Crippen molar-refractivity contribution >= 4 is 15.7 Å². The van der Waals surface area contributed by atoms with E-state index in [0.717, 1.165) is 25.0 Å². The fraction of sp³-hybridized carbons (Fsp3) is 0.538. The Morgan fingerprint density at radius 2 is 2.05 bits per heavy atom. The average Bonchev–Trinajstić information content (AvgIpc) is 2.95. The lowest BCUT2D eigenvalue weighted by molar-refractivity contribution is 0.129. The molecule has 3 N–H and O–H groups in total. The van der Waals surface area contributed by atoms with Crippen molar-refractivity contribution in [2.24, 2.45) is 11.8 Å². The maximum atomic E-state index is 13.3. The van der Waals surface area contributed by atoms with Crippen LogP contribution in [0.3, 0.4) is 0 Å². The summed E-state index contributed by atoms with van der Waals surface area (Å²) in [7, 11) is -3.80. The Morgan fingerprint density at radius 3 is 2.75 bits per heavy atom. The van der Waals surface area contributed by atoms with E-state index in [1.54, 1.807) is 0 Å². The second-order valence-corrected chi connectivity index (χ2v) is 7.48. The van der Waals surface area contributed by atoms with Gasteiger partial charge in [-0.2, -0.15) is 4.31 Å². The van der Waals surface area contributed by atoms with Crippen LogP contribution < -0.4 is 5.73 Å². The molecule has 1 saturated carbocycles. The Bertz CT molecular complexity index is 635. The second-order valence-electron chi connectivity index (χ2n) is 5.57. The van der Waals surface area contributed by atoms with Gasteiger partial charge in [-0.3, -0.25) is 0 Å². The van der Waals surface area contributed by atoms with Crippen LogP contribution in [-0.2, 0) is 10.0 Å². The van der Waals surface area contributed by atoms with Crippen LogP contribution in [0.4, 0.5) is 10.1 Å². The summed E-state index contributed by atoms with van der Waals surface area (Å²) in [5.74, 6) is -0.452. The third kappa shape index (κ3) is 2.10. The summed E-state index contributed by atoms with van der Waals surface area (Å²) in [6.07, 6.45) is 1.12. The van der Waals surface area contributed by atoms with Crippen molar-refractivity contribution in [3.63, 3.8) is 0 Å². The minimum atomic E-state index is -3.80. The highest BCUT2D eigenvalue weighted by Gasteiger charge is 2.46. The van der Waals surface area contributed by atoms with Gasteiger partial charge in [-0.15, -0.1) is 0 Å². The molecule has 2 aliphatic rings. The molecule has 1 aromatic carbocycles. The van der Waals surface area contributed by atoms with Gasteiger partial charge < -0.3 is 10.8 Å². The van der Waals surface area contributed by atoms with Gasteiger partial charge in [-0.25, -0.2) is 12.8 Å². The fourth-order valence-corrected chi connectivity index (χ4v) is 4.92. The zero-order valence-electron chi connectivity index (χ0n) is 10.9. The summed E-state index contributed by atoms with van der Waals surface area (Å²) < 4.78 is 39.7. The van der Waals surface area contributed by atoms with E-state index in [0.29, 0.717) is 6.54 Å². The van der Waals surface area contributed by atoms with Crippen LogP contribution >= 0.6 is 0 Å². The molecule has 1 heterocycles. The van der Waals surface area contributed by atoms with E-state index in [-0.39, 0.29) is 29.0 Å². The fourth-order valence-electron chi connectivity index (χ4n) is 3.26. The first-order valence-electron chi connectivity index (χ1n) is 6.63. The van der Waals surface area contributed by atoms with Gasteiger partial charge in [-0.05, 0) is 37.0 Å². The molecule has 3 unspecified atom stereocenters. The van der Waals surface area contributed by atoms with E-state index in [1.165, 1.54) is 10.4 Å². The van der Waals surface area contributed by atoms with E-state index in [2.05, 4.69) is 0 Å². The summed E-state index contributed by atoms with van der Waals surface area (Å²) in [6, 6.07) is 3.35. The number of hydrogen-bond acceptors (Lipinski definition) is 4. The van der Waals surface area contributed by atoms with Crippen molar-refractivity contribution in [1.29, 1.82) is 0 Å². The standard InChI is InChI=1S/C13H17FN2O3S/c14-9-2-3-11(15)13(5-9)20(18,19)16-6-8-1-4-12(17)10(8)7-16/h2-3,5,8,10,12,17H,1,4,6-7,15H2. The number of sulfonamides is 1. The number of halogens is 1. The predicted molar refractivity (Wildman–Crippen MR) is 71.8 cm³/mol. The molecule has 110 valence electrons. The first kappa shape index (κ1) is 13.8. The van der Waals surface area contributed by atoms with E-state index in [1.807, 2.05) is 0 Å². The van der Waals surface area contributed by atoms with Crippen LogP contribution in [0.1, 0.15) is 12.8 Å². The van der Waals surface area contributed by atoms with Crippen molar-refractivity contribution in [2.75, 3.05) is 18.8 Å². The number of fused-ring (bicyclic) bond motifs is 1. The van der Waals surface area contributed by atoms with Gasteiger partial charge in [0.2, 0.25) is 10.0 Å². The van der Waals surface area contributed by atoms with Crippen molar-refractivity contribution in [3.05, 3.63) is 24.0 Å². The molecule has 3 rings (SSSR count). The van der Waals surface area contributed by atoms with Crippen LogP contribution in [0, 0.1) is 17.7 Å². The van der Waals surface area contributed by atoms with Gasteiger partial charge in [0.1, 0.15) is 10.7 Å². The predicted octanol–water partition coefficient (Wildman–Crippen LogP) is 0.799. The Labute approximate surface area is 117 Å². The van der Waals surface area contributed by atoms with E-state index in [9.17, 15) is 17.9 Å². The van der Waals surface area contributed by atoms with Gasteiger partial charge in [0, 0.05) is 19.0 Å². The van der Waals surface area contributed by atoms with Crippen LogP contribution in [0.25, 0.3) is 0 Å². The Hall–Kier alpha value is -1.18. The molecular weight excluding hydrogens is 283 g/mol. The molecule has 0 amide bonds. The molecule has 0 bridgehead atoms. The zero-order valence-corrected chi connectivity index (χ0v) is 11.7. The maximum absolute atomic E-state index is 13.3. The number of nitrogens with zero attached hydrogens (tertiary/aromatic N) is 1. The largest absolute Gasteiger partial charge is 0.398 e. The van der Waals surface area contributed by atoms with Crippen molar-refractivity contribution < 1.29 is 17.9 Å². The Morgan fingerprint density at radius 1 is 1.30 bits per heavy atom. The van der Waals surface area contributed by atoms with E-state index in [4.69, 9.17) is 5.73 Å². The topological polar surface area (TPSA) is 83.6 Å². The first-order valence-corrected chi connectivity index (χ1v) is 8.07. The van der Waals surface area contributed by atoms with E-state index >= 15 is 0 Å². The minimum Gasteiger partial charge on any atom is -0.398 e. The molecule has 1 aromatic rings. The lowest BCUT2D eigenvalue weighted by Crippen LogP contribution is -2.31. The SMILES string of the molecule is Nc1ccc(F)cc1S(=O)(=O)N1CC2CCC(O)C2C1. The molecular formula is C13H17FN2O3S. The Balaban J connectivity index is 1.92. The van der Waals surface area contributed by atoms with Gasteiger partial charge in [0.15, 0.2) is 0 Å². The molecule has 1 saturated heterocycles. The molecule has 20 heavy (non-hydrogen) atoms. The number of nitrogen functional groups attached to an aromatic ring is 1. The van der Waals surface area contributed by atoms with Gasteiger partial charge in [-0.1, -0.05) is 0 Å². The number of aliphatic hydroxyl groups excluding tert-OH is 1. The number of aliphatic hydroxyl groups is 1. The quantitative estimate of drug-likeness (QED) is 0.791. The monoisotopic (exact) mass is 300 g/mol. The van der Waals surface area contributed by atoms with E-state index < -0.39 is 21.9 Å². The first-order chi connectivity index (χ1) is 9.39. The van der Waals surface area contributed by atoms with Crippen LogP contribution in [0.5, 0.6) is 0 Å². The third-order valence-electron chi connectivity index (χ3n) is 4.38. The summed E-state index contributed by atoms with van der Waals surface area (Å²) in [4.78, 5) is -0.188.